The molecule has 0 bridgehead atoms. The van der Waals surface area contributed by atoms with Crippen molar-refractivity contribution in [1.29, 1.82) is 0 Å². The normalized spacial score (nSPS) is 20.5. The van der Waals surface area contributed by atoms with Gasteiger partial charge in [-0.3, -0.25) is 0 Å². The maximum absolute atomic E-state index is 13.0. The van der Waals surface area contributed by atoms with Crippen molar-refractivity contribution >= 4 is 38.7 Å². The Hall–Kier alpha value is -2.03. The second-order valence-corrected chi connectivity index (χ2v) is 9.72. The summed E-state index contributed by atoms with van der Waals surface area (Å²) in [6.45, 7) is 5.28. The van der Waals surface area contributed by atoms with Crippen molar-refractivity contribution in [3.8, 4) is 0 Å². The minimum atomic E-state index is -3.50. The average Bonchev–Trinajstić information content (AvgIpc) is 2.63. The van der Waals surface area contributed by atoms with E-state index in [9.17, 15) is 12.8 Å². The minimum absolute atomic E-state index is 0.275. The summed E-state index contributed by atoms with van der Waals surface area (Å²) in [4.78, 5) is 0.275. The highest BCUT2D eigenvalue weighted by Gasteiger charge is 2.31. The molecule has 1 fully saturated rings. The molecule has 5 nitrogen and oxygen atoms in total. The number of halogens is 1. The molecular weight excluding hydrogens is 397 g/mol. The molecule has 150 valence electrons. The lowest BCUT2D eigenvalue weighted by molar-refractivity contribution is 0.222. The fraction of sp³-hybridized carbons (Fsp3) is 0.350. The van der Waals surface area contributed by atoms with Crippen LogP contribution in [0.25, 0.3) is 0 Å². The van der Waals surface area contributed by atoms with Gasteiger partial charge in [0.25, 0.3) is 0 Å². The zero-order chi connectivity index (χ0) is 20.3. The summed E-state index contributed by atoms with van der Waals surface area (Å²) >= 11 is 5.24. The summed E-state index contributed by atoms with van der Waals surface area (Å²) in [5.74, 6) is 0.391. The van der Waals surface area contributed by atoms with Crippen LogP contribution in [0.2, 0.25) is 0 Å². The summed E-state index contributed by atoms with van der Waals surface area (Å²) in [6.07, 6.45) is 1.05. The lowest BCUT2D eigenvalue weighted by atomic mass is 9.94. The summed E-state index contributed by atoms with van der Waals surface area (Å²) in [6, 6.07) is 12.4. The number of thiocarbonyl (C=S) groups is 1. The topological polar surface area (TPSA) is 61.4 Å². The molecule has 1 aliphatic rings. The average molecular weight is 422 g/mol. The van der Waals surface area contributed by atoms with Crippen LogP contribution in [0.4, 0.5) is 15.8 Å². The third-order valence-corrected chi connectivity index (χ3v) is 6.74. The highest BCUT2D eigenvalue weighted by Crippen LogP contribution is 2.27. The Bertz CT molecular complexity index is 921. The third-order valence-electron chi connectivity index (χ3n) is 4.69. The van der Waals surface area contributed by atoms with Gasteiger partial charge in [-0.2, -0.15) is 4.31 Å². The van der Waals surface area contributed by atoms with E-state index in [0.717, 1.165) is 6.42 Å². The van der Waals surface area contributed by atoms with Gasteiger partial charge in [-0.15, -0.1) is 0 Å². The standard InChI is InChI=1S/C20H24FN3O2S2/c1-14-11-15(2)13-24(12-14)28(25,26)19-9-7-18(8-10-19)23-20(27)22-17-5-3-16(21)4-6-17/h3-10,14-15H,11-13H2,1-2H3,(H2,22,23,27)/t14-,15+. The van der Waals surface area contributed by atoms with E-state index >= 15 is 0 Å². The van der Waals surface area contributed by atoms with E-state index in [4.69, 9.17) is 12.2 Å². The van der Waals surface area contributed by atoms with Crippen LogP contribution in [-0.2, 0) is 10.0 Å². The molecule has 2 N–H and O–H groups in total. The molecule has 1 aliphatic heterocycles. The third kappa shape index (κ3) is 5.06. The van der Waals surface area contributed by atoms with Crippen LogP contribution in [0, 0.1) is 17.7 Å². The zero-order valence-corrected chi connectivity index (χ0v) is 17.5. The Morgan fingerprint density at radius 3 is 1.93 bits per heavy atom. The van der Waals surface area contributed by atoms with Gasteiger partial charge in [0.2, 0.25) is 10.0 Å². The molecule has 8 heteroatoms. The monoisotopic (exact) mass is 421 g/mol. The first-order chi connectivity index (χ1) is 13.2. The van der Waals surface area contributed by atoms with Crippen molar-refractivity contribution in [3.05, 3.63) is 54.3 Å². The SMILES string of the molecule is C[C@@H]1C[C@H](C)CN(S(=O)(=O)c2ccc(NC(=S)Nc3ccc(F)cc3)cc2)C1. The molecule has 28 heavy (non-hydrogen) atoms. The van der Waals surface area contributed by atoms with E-state index in [2.05, 4.69) is 24.5 Å². The van der Waals surface area contributed by atoms with Crippen LogP contribution >= 0.6 is 12.2 Å². The van der Waals surface area contributed by atoms with E-state index in [1.54, 1.807) is 40.7 Å². The van der Waals surface area contributed by atoms with E-state index in [1.807, 2.05) is 0 Å². The van der Waals surface area contributed by atoms with Crippen LogP contribution in [0.3, 0.4) is 0 Å². The van der Waals surface area contributed by atoms with Gasteiger partial charge in [0.15, 0.2) is 5.11 Å². The Labute approximate surface area is 171 Å². The number of nitrogens with one attached hydrogen (secondary N) is 2. The van der Waals surface area contributed by atoms with E-state index < -0.39 is 10.0 Å². The molecule has 1 saturated heterocycles. The fourth-order valence-corrected chi connectivity index (χ4v) is 5.40. The molecule has 2 aromatic rings. The van der Waals surface area contributed by atoms with E-state index in [0.29, 0.717) is 41.4 Å². The van der Waals surface area contributed by atoms with Gasteiger partial charge < -0.3 is 10.6 Å². The molecule has 0 radical (unpaired) electrons. The number of sulfonamides is 1. The molecule has 0 spiro atoms. The zero-order valence-electron chi connectivity index (χ0n) is 15.9. The number of rotatable bonds is 4. The first-order valence-electron chi connectivity index (χ1n) is 9.18. The van der Waals surface area contributed by atoms with E-state index in [1.165, 1.54) is 12.1 Å². The van der Waals surface area contributed by atoms with Gasteiger partial charge in [0.1, 0.15) is 5.82 Å². The second-order valence-electron chi connectivity index (χ2n) is 7.38. The Kier molecular flexibility index (Phi) is 6.32. The molecule has 2 atom stereocenters. The second kappa shape index (κ2) is 8.55. The molecule has 0 unspecified atom stereocenters. The lowest BCUT2D eigenvalue weighted by Crippen LogP contribution is -2.42. The van der Waals surface area contributed by atoms with Crippen molar-refractivity contribution in [2.24, 2.45) is 11.8 Å². The first-order valence-corrected chi connectivity index (χ1v) is 11.0. The van der Waals surface area contributed by atoms with Crippen LogP contribution in [-0.4, -0.2) is 30.9 Å². The van der Waals surface area contributed by atoms with Crippen LogP contribution < -0.4 is 10.6 Å². The highest BCUT2D eigenvalue weighted by atomic mass is 32.2. The largest absolute Gasteiger partial charge is 0.332 e. The summed E-state index contributed by atoms with van der Waals surface area (Å²) in [5, 5.41) is 6.28. The molecular formula is C20H24FN3O2S2. The summed E-state index contributed by atoms with van der Waals surface area (Å²) in [7, 11) is -3.50. The number of anilines is 2. The maximum atomic E-state index is 13.0. The van der Waals surface area contributed by atoms with Crippen molar-refractivity contribution < 1.29 is 12.8 Å². The molecule has 3 rings (SSSR count). The number of hydrogen-bond donors (Lipinski definition) is 2. The fourth-order valence-electron chi connectivity index (χ4n) is 3.49. The van der Waals surface area contributed by atoms with Gasteiger partial charge >= 0.3 is 0 Å². The Morgan fingerprint density at radius 1 is 0.964 bits per heavy atom. The first kappa shape index (κ1) is 20.7. The Balaban J connectivity index is 1.65. The predicted octanol–water partition coefficient (Wildman–Crippen LogP) is 4.30. The van der Waals surface area contributed by atoms with Gasteiger partial charge in [-0.1, -0.05) is 13.8 Å². The molecule has 0 saturated carbocycles. The molecule has 0 amide bonds. The number of benzene rings is 2. The van der Waals surface area contributed by atoms with Gasteiger partial charge in [-0.25, -0.2) is 12.8 Å². The van der Waals surface area contributed by atoms with Crippen LogP contribution in [0.5, 0.6) is 0 Å². The van der Waals surface area contributed by atoms with Crippen LogP contribution in [0.15, 0.2) is 53.4 Å². The quantitative estimate of drug-likeness (QED) is 0.721. The molecule has 1 heterocycles. The van der Waals surface area contributed by atoms with E-state index in [-0.39, 0.29) is 10.7 Å². The predicted molar refractivity (Wildman–Crippen MR) is 114 cm³/mol. The van der Waals surface area contributed by atoms with Crippen molar-refractivity contribution in [1.82, 2.24) is 4.31 Å². The molecule has 0 aliphatic carbocycles. The van der Waals surface area contributed by atoms with Gasteiger partial charge in [-0.05, 0) is 79.0 Å². The summed E-state index contributed by atoms with van der Waals surface area (Å²) < 4.78 is 40.4. The smallest absolute Gasteiger partial charge is 0.243 e. The van der Waals surface area contributed by atoms with Crippen molar-refractivity contribution in [2.75, 3.05) is 23.7 Å². The minimum Gasteiger partial charge on any atom is -0.332 e. The number of hydrogen-bond acceptors (Lipinski definition) is 3. The van der Waals surface area contributed by atoms with Crippen molar-refractivity contribution in [3.63, 3.8) is 0 Å². The van der Waals surface area contributed by atoms with Crippen molar-refractivity contribution in [2.45, 2.75) is 25.2 Å². The highest BCUT2D eigenvalue weighted by molar-refractivity contribution is 7.89. The molecule has 2 aromatic carbocycles. The molecule has 0 aromatic heterocycles. The summed E-state index contributed by atoms with van der Waals surface area (Å²) in [5.41, 5.74) is 1.32. The van der Waals surface area contributed by atoms with Gasteiger partial charge in [0, 0.05) is 24.5 Å². The number of nitrogens with zero attached hydrogens (tertiary/aromatic N) is 1. The maximum Gasteiger partial charge on any atom is 0.243 e. The van der Waals surface area contributed by atoms with Crippen LogP contribution in [0.1, 0.15) is 20.3 Å². The van der Waals surface area contributed by atoms with Gasteiger partial charge in [0.05, 0.1) is 4.90 Å². The number of piperidine rings is 1. The lowest BCUT2D eigenvalue weighted by Gasteiger charge is -2.34. The Morgan fingerprint density at radius 2 is 1.43 bits per heavy atom.